The molecule has 1 aliphatic heterocycles. The fourth-order valence-corrected chi connectivity index (χ4v) is 5.22. The van der Waals surface area contributed by atoms with Crippen molar-refractivity contribution in [1.29, 1.82) is 0 Å². The third-order valence-electron chi connectivity index (χ3n) is 8.34. The van der Waals surface area contributed by atoms with E-state index in [0.29, 0.717) is 17.7 Å². The maximum Gasteiger partial charge on any atom is 0.242 e. The molecule has 7 N–H and O–H groups in total. The van der Waals surface area contributed by atoms with Gasteiger partial charge in [0.1, 0.15) is 41.8 Å². The summed E-state index contributed by atoms with van der Waals surface area (Å²) in [6, 6.07) is 9.88. The van der Waals surface area contributed by atoms with E-state index in [-0.39, 0.29) is 5.91 Å². The number of amides is 2. The van der Waals surface area contributed by atoms with E-state index in [4.69, 9.17) is 15.2 Å². The van der Waals surface area contributed by atoms with Crippen LogP contribution in [-0.2, 0) is 27.2 Å². The first-order chi connectivity index (χ1) is 20.6. The molecule has 1 saturated heterocycles. The van der Waals surface area contributed by atoms with E-state index in [2.05, 4.69) is 12.2 Å². The lowest BCUT2D eigenvalue weighted by molar-refractivity contribution is -0.232. The van der Waals surface area contributed by atoms with Gasteiger partial charge in [0.2, 0.25) is 11.8 Å². The van der Waals surface area contributed by atoms with E-state index < -0.39 is 54.0 Å². The van der Waals surface area contributed by atoms with Crippen molar-refractivity contribution in [2.75, 3.05) is 13.7 Å². The molecule has 0 unspecified atom stereocenters. The molecule has 0 saturated carbocycles. The van der Waals surface area contributed by atoms with Crippen LogP contribution in [0.25, 0.3) is 6.08 Å². The summed E-state index contributed by atoms with van der Waals surface area (Å²) in [4.78, 5) is 24.5. The molecule has 10 heteroatoms. The molecule has 10 nitrogen and oxygen atoms in total. The van der Waals surface area contributed by atoms with Gasteiger partial charge in [-0.25, -0.2) is 0 Å². The fraction of sp³-hybridized carbons (Fsp3) is 0.529. The van der Waals surface area contributed by atoms with E-state index in [9.17, 15) is 30.0 Å². The lowest BCUT2D eigenvalue weighted by atomic mass is 9.86. The van der Waals surface area contributed by atoms with Gasteiger partial charge in [-0.05, 0) is 87.4 Å². The molecule has 0 bridgehead atoms. The second kappa shape index (κ2) is 14.2. The maximum atomic E-state index is 12.9. The zero-order valence-corrected chi connectivity index (χ0v) is 26.8. The average Bonchev–Trinajstić information content (AvgIpc) is 2.96. The molecule has 44 heavy (non-hydrogen) atoms. The maximum absolute atomic E-state index is 12.9. The molecule has 0 spiro atoms. The van der Waals surface area contributed by atoms with Crippen LogP contribution in [-0.4, -0.2) is 75.9 Å². The van der Waals surface area contributed by atoms with Gasteiger partial charge in [0.05, 0.1) is 19.1 Å². The van der Waals surface area contributed by atoms with Gasteiger partial charge in [-0.15, -0.1) is 0 Å². The Labute approximate surface area is 259 Å². The molecule has 1 fully saturated rings. The van der Waals surface area contributed by atoms with E-state index in [1.54, 1.807) is 33.8 Å². The summed E-state index contributed by atoms with van der Waals surface area (Å²) >= 11 is 0. The van der Waals surface area contributed by atoms with E-state index in [0.717, 1.165) is 40.7 Å². The second-order valence-electron chi connectivity index (χ2n) is 12.7. The highest BCUT2D eigenvalue weighted by molar-refractivity contribution is 5.92. The summed E-state index contributed by atoms with van der Waals surface area (Å²) in [5.41, 5.74) is 8.97. The largest absolute Gasteiger partial charge is 0.496 e. The first-order valence-corrected chi connectivity index (χ1v) is 15.0. The van der Waals surface area contributed by atoms with Gasteiger partial charge in [0.15, 0.2) is 0 Å². The molecule has 2 amide bonds. The van der Waals surface area contributed by atoms with Crippen LogP contribution in [0.4, 0.5) is 0 Å². The van der Waals surface area contributed by atoms with Crippen molar-refractivity contribution in [3.05, 3.63) is 69.8 Å². The Morgan fingerprint density at radius 3 is 2.27 bits per heavy atom. The van der Waals surface area contributed by atoms with Crippen molar-refractivity contribution >= 4 is 17.9 Å². The van der Waals surface area contributed by atoms with Gasteiger partial charge in [-0.2, -0.15) is 0 Å². The van der Waals surface area contributed by atoms with E-state index >= 15 is 0 Å². The Morgan fingerprint density at radius 2 is 1.70 bits per heavy atom. The summed E-state index contributed by atoms with van der Waals surface area (Å²) in [6.45, 7) is 10.3. The van der Waals surface area contributed by atoms with Crippen molar-refractivity contribution in [3.8, 4) is 5.75 Å². The smallest absolute Gasteiger partial charge is 0.242 e. The van der Waals surface area contributed by atoms with Gasteiger partial charge in [-0.1, -0.05) is 43.7 Å². The molecule has 0 aromatic heterocycles. The number of carbonyl (C=O) groups is 2. The van der Waals surface area contributed by atoms with E-state index in [1.807, 2.05) is 43.3 Å². The number of ether oxygens (including phenoxy) is 2. The summed E-state index contributed by atoms with van der Waals surface area (Å²) in [7, 11) is 1.53. The summed E-state index contributed by atoms with van der Waals surface area (Å²) in [6.07, 6.45) is -0.473. The van der Waals surface area contributed by atoms with Crippen LogP contribution in [0.3, 0.4) is 0 Å². The lowest BCUT2D eigenvalue weighted by Gasteiger charge is -2.40. The standard InChI is InChI=1S/C34H48N2O8/c1-8-9-22-17-25(43-7)24(30-29(40)28(39)27(38)26(18-37)44-30)16-23(22)15-21-11-10-20(14-19(21)2)12-13-33(3,4)32(42)36-34(5,6)31(35)41/h10-14,16-17,26-30,37-40H,8-9,15,18H2,1-7H3,(H2,35,41)(H,36,42)/b13-12+/t26-,27-,28+,29-,30+/m1/s1. The number of carbonyl (C=O) groups excluding carboxylic acids is 2. The highest BCUT2D eigenvalue weighted by atomic mass is 16.5. The van der Waals surface area contributed by atoms with Crippen LogP contribution < -0.4 is 15.8 Å². The summed E-state index contributed by atoms with van der Waals surface area (Å²) in [5, 5.41) is 43.9. The van der Waals surface area contributed by atoms with Gasteiger partial charge in [-0.3, -0.25) is 9.59 Å². The zero-order valence-electron chi connectivity index (χ0n) is 26.8. The molecular formula is C34H48N2O8. The number of nitrogens with two attached hydrogens (primary N) is 1. The lowest BCUT2D eigenvalue weighted by Crippen LogP contribution is -2.55. The van der Waals surface area contributed by atoms with E-state index in [1.165, 1.54) is 7.11 Å². The molecular weight excluding hydrogens is 564 g/mol. The van der Waals surface area contributed by atoms with Crippen LogP contribution in [0.15, 0.2) is 36.4 Å². The third-order valence-corrected chi connectivity index (χ3v) is 8.34. The number of hydrogen-bond acceptors (Lipinski definition) is 8. The average molecular weight is 613 g/mol. The van der Waals surface area contributed by atoms with Crippen LogP contribution in [0.2, 0.25) is 0 Å². The minimum absolute atomic E-state index is 0.316. The van der Waals surface area contributed by atoms with Gasteiger partial charge < -0.3 is 41.0 Å². The highest BCUT2D eigenvalue weighted by Gasteiger charge is 2.45. The molecule has 2 aromatic carbocycles. The number of hydrogen-bond donors (Lipinski definition) is 6. The fourth-order valence-electron chi connectivity index (χ4n) is 5.22. The predicted octanol–water partition coefficient (Wildman–Crippen LogP) is 2.48. The van der Waals surface area contributed by atoms with Crippen LogP contribution in [0.1, 0.15) is 80.5 Å². The minimum atomic E-state index is -1.50. The summed E-state index contributed by atoms with van der Waals surface area (Å²) in [5.74, 6) is -0.440. The molecule has 0 aliphatic carbocycles. The first kappa shape index (κ1) is 35.2. The number of benzene rings is 2. The Morgan fingerprint density at radius 1 is 1.02 bits per heavy atom. The molecule has 5 atom stereocenters. The van der Waals surface area contributed by atoms with Crippen molar-refractivity contribution in [1.82, 2.24) is 5.32 Å². The number of nitrogens with one attached hydrogen (secondary N) is 1. The first-order valence-electron chi connectivity index (χ1n) is 15.0. The number of rotatable bonds is 12. The number of primary amides is 1. The predicted molar refractivity (Wildman–Crippen MR) is 168 cm³/mol. The van der Waals surface area contributed by atoms with Crippen molar-refractivity contribution < 1.29 is 39.5 Å². The minimum Gasteiger partial charge on any atom is -0.496 e. The van der Waals surface area contributed by atoms with Gasteiger partial charge in [0, 0.05) is 5.56 Å². The molecule has 0 radical (unpaired) electrons. The quantitative estimate of drug-likeness (QED) is 0.212. The monoisotopic (exact) mass is 612 g/mol. The van der Waals surface area contributed by atoms with Gasteiger partial charge in [0.25, 0.3) is 0 Å². The number of methoxy groups -OCH3 is 1. The van der Waals surface area contributed by atoms with Crippen LogP contribution in [0.5, 0.6) is 5.75 Å². The topological polar surface area (TPSA) is 172 Å². The Hall–Kier alpha value is -3.28. The van der Waals surface area contributed by atoms with Crippen molar-refractivity contribution in [3.63, 3.8) is 0 Å². The molecule has 1 aliphatic rings. The molecule has 3 rings (SSSR count). The number of aliphatic hydroxyl groups excluding tert-OH is 4. The third kappa shape index (κ3) is 7.86. The Bertz CT molecular complexity index is 1370. The zero-order chi connectivity index (χ0) is 33.0. The van der Waals surface area contributed by atoms with Gasteiger partial charge >= 0.3 is 0 Å². The molecule has 2 aromatic rings. The Kier molecular flexibility index (Phi) is 11.4. The number of aryl methyl sites for hydroxylation is 2. The Balaban J connectivity index is 1.91. The highest BCUT2D eigenvalue weighted by Crippen LogP contribution is 2.39. The van der Waals surface area contributed by atoms with Crippen LogP contribution in [0, 0.1) is 12.3 Å². The van der Waals surface area contributed by atoms with Crippen molar-refractivity contribution in [2.45, 2.75) is 96.9 Å². The number of aliphatic hydroxyl groups is 4. The molecule has 1 heterocycles. The second-order valence-corrected chi connectivity index (χ2v) is 12.7. The SMILES string of the molecule is CCCc1cc(OC)c([C@@H]2O[C@H](CO)[C@@H](O)[C@H](O)[C@H]2O)cc1Cc1ccc(/C=C/C(C)(C)C(=O)NC(C)(C)C(N)=O)cc1C. The molecule has 242 valence electrons. The van der Waals surface area contributed by atoms with Crippen molar-refractivity contribution in [2.24, 2.45) is 11.1 Å². The normalized spacial score (nSPS) is 22.7. The van der Waals surface area contributed by atoms with Crippen LogP contribution >= 0.6 is 0 Å². The summed E-state index contributed by atoms with van der Waals surface area (Å²) < 4.78 is 11.5.